The highest BCUT2D eigenvalue weighted by molar-refractivity contribution is 7.99. The molecule has 2 rings (SSSR count). The zero-order chi connectivity index (χ0) is 13.0. The van der Waals surface area contributed by atoms with Gasteiger partial charge in [0.2, 0.25) is 5.28 Å². The summed E-state index contributed by atoms with van der Waals surface area (Å²) in [5.74, 6) is 0.818. The molecule has 3 nitrogen and oxygen atoms in total. The van der Waals surface area contributed by atoms with E-state index in [0.717, 1.165) is 29.7 Å². The van der Waals surface area contributed by atoms with E-state index < -0.39 is 0 Å². The SMILES string of the molecule is CSC(C)CCNc1nc(Cl)nc2ccccc12. The number of nitrogens with one attached hydrogen (secondary N) is 1. The van der Waals surface area contributed by atoms with E-state index in [2.05, 4.69) is 28.5 Å². The smallest absolute Gasteiger partial charge is 0.224 e. The minimum Gasteiger partial charge on any atom is -0.369 e. The summed E-state index contributed by atoms with van der Waals surface area (Å²) < 4.78 is 0. The van der Waals surface area contributed by atoms with Crippen LogP contribution in [0.25, 0.3) is 10.9 Å². The Hall–Kier alpha value is -1.00. The van der Waals surface area contributed by atoms with Crippen LogP contribution in [0, 0.1) is 0 Å². The minimum absolute atomic E-state index is 0.286. The van der Waals surface area contributed by atoms with E-state index >= 15 is 0 Å². The first-order chi connectivity index (χ1) is 8.70. The number of halogens is 1. The molecule has 0 fully saturated rings. The van der Waals surface area contributed by atoms with Gasteiger partial charge in [-0.3, -0.25) is 0 Å². The molecular formula is C13H16ClN3S. The molecule has 96 valence electrons. The molecule has 2 aromatic rings. The summed E-state index contributed by atoms with van der Waals surface area (Å²) in [5, 5.41) is 5.28. The normalized spacial score (nSPS) is 12.6. The molecule has 18 heavy (non-hydrogen) atoms. The highest BCUT2D eigenvalue weighted by Gasteiger charge is 2.06. The molecule has 1 unspecified atom stereocenters. The number of fused-ring (bicyclic) bond motifs is 1. The van der Waals surface area contributed by atoms with Crippen LogP contribution in [0.3, 0.4) is 0 Å². The number of aromatic nitrogens is 2. The second-order valence-electron chi connectivity index (χ2n) is 4.12. The Bertz CT molecular complexity index is 533. The number of benzene rings is 1. The fourth-order valence-corrected chi connectivity index (χ4v) is 2.22. The van der Waals surface area contributed by atoms with E-state index in [0.29, 0.717) is 5.25 Å². The van der Waals surface area contributed by atoms with Crippen molar-refractivity contribution in [3.8, 4) is 0 Å². The van der Waals surface area contributed by atoms with Crippen molar-refractivity contribution in [3.63, 3.8) is 0 Å². The van der Waals surface area contributed by atoms with Crippen LogP contribution < -0.4 is 5.32 Å². The van der Waals surface area contributed by atoms with Gasteiger partial charge in [-0.25, -0.2) is 9.97 Å². The minimum atomic E-state index is 0.286. The number of nitrogens with zero attached hydrogens (tertiary/aromatic N) is 2. The molecule has 0 saturated carbocycles. The third-order valence-corrected chi connectivity index (χ3v) is 4.03. The Morgan fingerprint density at radius 3 is 2.89 bits per heavy atom. The van der Waals surface area contributed by atoms with Crippen molar-refractivity contribution in [2.45, 2.75) is 18.6 Å². The van der Waals surface area contributed by atoms with Gasteiger partial charge >= 0.3 is 0 Å². The molecule has 5 heteroatoms. The number of para-hydroxylation sites is 1. The van der Waals surface area contributed by atoms with Gasteiger partial charge in [-0.05, 0) is 36.4 Å². The lowest BCUT2D eigenvalue weighted by molar-refractivity contribution is 0.850. The van der Waals surface area contributed by atoms with Crippen LogP contribution in [0.5, 0.6) is 0 Å². The van der Waals surface area contributed by atoms with Crippen LogP contribution in [0.15, 0.2) is 24.3 Å². The Labute approximate surface area is 116 Å². The largest absolute Gasteiger partial charge is 0.369 e. The van der Waals surface area contributed by atoms with Crippen LogP contribution >= 0.6 is 23.4 Å². The van der Waals surface area contributed by atoms with Gasteiger partial charge in [0.15, 0.2) is 0 Å². The molecule has 0 aliphatic heterocycles. The first kappa shape index (κ1) is 13.4. The monoisotopic (exact) mass is 281 g/mol. The molecule has 1 heterocycles. The molecule has 0 saturated heterocycles. The van der Waals surface area contributed by atoms with Gasteiger partial charge in [0.25, 0.3) is 0 Å². The first-order valence-electron chi connectivity index (χ1n) is 5.89. The third-order valence-electron chi connectivity index (χ3n) is 2.82. The van der Waals surface area contributed by atoms with E-state index in [9.17, 15) is 0 Å². The van der Waals surface area contributed by atoms with Crippen LogP contribution in [0.1, 0.15) is 13.3 Å². The molecular weight excluding hydrogens is 266 g/mol. The topological polar surface area (TPSA) is 37.8 Å². The van der Waals surface area contributed by atoms with Crippen molar-refractivity contribution in [2.75, 3.05) is 18.1 Å². The highest BCUT2D eigenvalue weighted by atomic mass is 35.5. The van der Waals surface area contributed by atoms with E-state index in [1.54, 1.807) is 0 Å². The zero-order valence-electron chi connectivity index (χ0n) is 10.5. The molecule has 0 aliphatic carbocycles. The van der Waals surface area contributed by atoms with Gasteiger partial charge in [-0.2, -0.15) is 11.8 Å². The van der Waals surface area contributed by atoms with E-state index in [1.807, 2.05) is 36.0 Å². The summed E-state index contributed by atoms with van der Waals surface area (Å²) in [5.41, 5.74) is 0.873. The summed E-state index contributed by atoms with van der Waals surface area (Å²) in [6.45, 7) is 3.11. The summed E-state index contributed by atoms with van der Waals surface area (Å²) in [4.78, 5) is 8.47. The van der Waals surface area contributed by atoms with Gasteiger partial charge in [-0.1, -0.05) is 19.1 Å². The molecule has 0 amide bonds. The maximum absolute atomic E-state index is 5.93. The Morgan fingerprint density at radius 2 is 2.11 bits per heavy atom. The van der Waals surface area contributed by atoms with Gasteiger partial charge < -0.3 is 5.32 Å². The van der Waals surface area contributed by atoms with Crippen molar-refractivity contribution in [1.29, 1.82) is 0 Å². The average Bonchev–Trinajstić information content (AvgIpc) is 2.38. The molecule has 0 spiro atoms. The van der Waals surface area contributed by atoms with Crippen LogP contribution in [-0.2, 0) is 0 Å². The van der Waals surface area contributed by atoms with E-state index in [1.165, 1.54) is 0 Å². The third kappa shape index (κ3) is 3.27. The van der Waals surface area contributed by atoms with E-state index in [4.69, 9.17) is 11.6 Å². The van der Waals surface area contributed by atoms with Crippen molar-refractivity contribution in [2.24, 2.45) is 0 Å². The predicted molar refractivity (Wildman–Crippen MR) is 80.6 cm³/mol. The standard InChI is InChI=1S/C13H16ClN3S/c1-9(18-2)7-8-15-12-10-5-3-4-6-11(10)16-13(14)17-12/h3-6,9H,7-8H2,1-2H3,(H,15,16,17). The summed E-state index contributed by atoms with van der Waals surface area (Å²) >= 11 is 7.79. The Balaban J connectivity index is 2.17. The molecule has 0 bridgehead atoms. The maximum Gasteiger partial charge on any atom is 0.224 e. The number of rotatable bonds is 5. The number of hydrogen-bond acceptors (Lipinski definition) is 4. The fourth-order valence-electron chi connectivity index (χ4n) is 1.69. The maximum atomic E-state index is 5.93. The summed E-state index contributed by atoms with van der Waals surface area (Å²) in [7, 11) is 0. The quantitative estimate of drug-likeness (QED) is 0.845. The van der Waals surface area contributed by atoms with Gasteiger partial charge in [0, 0.05) is 17.2 Å². The highest BCUT2D eigenvalue weighted by Crippen LogP contribution is 2.22. The van der Waals surface area contributed by atoms with Crippen molar-refractivity contribution >= 4 is 40.1 Å². The zero-order valence-corrected chi connectivity index (χ0v) is 12.1. The lowest BCUT2D eigenvalue weighted by Crippen LogP contribution is -2.09. The second kappa shape index (κ2) is 6.25. The van der Waals surface area contributed by atoms with E-state index in [-0.39, 0.29) is 5.28 Å². The van der Waals surface area contributed by atoms with Gasteiger partial charge in [-0.15, -0.1) is 0 Å². The second-order valence-corrected chi connectivity index (χ2v) is 5.73. The van der Waals surface area contributed by atoms with Crippen molar-refractivity contribution in [3.05, 3.63) is 29.5 Å². The van der Waals surface area contributed by atoms with Gasteiger partial charge in [0.05, 0.1) is 5.52 Å². The number of thioether (sulfide) groups is 1. The van der Waals surface area contributed by atoms with Crippen LogP contribution in [0.4, 0.5) is 5.82 Å². The summed E-state index contributed by atoms with van der Waals surface area (Å²) in [6.07, 6.45) is 3.22. The van der Waals surface area contributed by atoms with Crippen LogP contribution in [-0.4, -0.2) is 28.0 Å². The molecule has 0 aliphatic rings. The number of hydrogen-bond donors (Lipinski definition) is 1. The predicted octanol–water partition coefficient (Wildman–Crippen LogP) is 3.84. The number of anilines is 1. The lowest BCUT2D eigenvalue weighted by atomic mass is 10.2. The molecule has 0 radical (unpaired) electrons. The first-order valence-corrected chi connectivity index (χ1v) is 7.56. The van der Waals surface area contributed by atoms with Crippen LogP contribution in [0.2, 0.25) is 5.28 Å². The molecule has 1 N–H and O–H groups in total. The Morgan fingerprint density at radius 1 is 1.33 bits per heavy atom. The summed E-state index contributed by atoms with van der Waals surface area (Å²) in [6, 6.07) is 7.88. The lowest BCUT2D eigenvalue weighted by Gasteiger charge is -2.11. The molecule has 1 aromatic heterocycles. The Kier molecular flexibility index (Phi) is 4.66. The van der Waals surface area contributed by atoms with Crippen molar-refractivity contribution in [1.82, 2.24) is 9.97 Å². The molecule has 1 aromatic carbocycles. The fraction of sp³-hybridized carbons (Fsp3) is 0.385. The molecule has 1 atom stereocenters. The van der Waals surface area contributed by atoms with Gasteiger partial charge in [0.1, 0.15) is 5.82 Å². The van der Waals surface area contributed by atoms with Crippen molar-refractivity contribution < 1.29 is 0 Å². The average molecular weight is 282 g/mol.